The van der Waals surface area contributed by atoms with E-state index in [0.717, 1.165) is 42.4 Å². The van der Waals surface area contributed by atoms with Gasteiger partial charge in [0.15, 0.2) is 5.82 Å². The van der Waals surface area contributed by atoms with Gasteiger partial charge in [-0.15, -0.1) is 0 Å². The molecule has 0 aliphatic rings. The van der Waals surface area contributed by atoms with Crippen molar-refractivity contribution < 1.29 is 0 Å². The first-order valence-electron chi connectivity index (χ1n) is 6.36. The number of anilines is 1. The minimum atomic E-state index is 0.740. The third-order valence-corrected chi connectivity index (χ3v) is 2.78. The van der Waals surface area contributed by atoms with Gasteiger partial charge >= 0.3 is 0 Å². The van der Waals surface area contributed by atoms with Crippen molar-refractivity contribution in [2.24, 2.45) is 0 Å². The van der Waals surface area contributed by atoms with Crippen molar-refractivity contribution in [1.82, 2.24) is 19.7 Å². The fourth-order valence-electron chi connectivity index (χ4n) is 1.83. The maximum Gasteiger partial charge on any atom is 0.180 e. The van der Waals surface area contributed by atoms with Crippen LogP contribution in [0.25, 0.3) is 11.5 Å². The topological polar surface area (TPSA) is 55.6 Å². The van der Waals surface area contributed by atoms with Crippen LogP contribution >= 0.6 is 0 Å². The van der Waals surface area contributed by atoms with Crippen LogP contribution in [0.4, 0.5) is 5.82 Å². The molecule has 2 aromatic heterocycles. The maximum absolute atomic E-state index is 4.57. The van der Waals surface area contributed by atoms with Crippen molar-refractivity contribution >= 4 is 5.82 Å². The van der Waals surface area contributed by atoms with E-state index >= 15 is 0 Å². The molecule has 0 aliphatic heterocycles. The van der Waals surface area contributed by atoms with Crippen LogP contribution < -0.4 is 5.32 Å². The van der Waals surface area contributed by atoms with Crippen molar-refractivity contribution in [2.45, 2.75) is 33.2 Å². The summed E-state index contributed by atoms with van der Waals surface area (Å²) >= 11 is 0. The van der Waals surface area contributed by atoms with Crippen molar-refractivity contribution in [1.29, 1.82) is 0 Å². The lowest BCUT2D eigenvalue weighted by molar-refractivity contribution is 0.606. The molecule has 0 aliphatic carbocycles. The van der Waals surface area contributed by atoms with E-state index in [2.05, 4.69) is 34.2 Å². The summed E-state index contributed by atoms with van der Waals surface area (Å²) in [6.45, 7) is 5.11. The first-order valence-corrected chi connectivity index (χ1v) is 6.36. The first-order chi connectivity index (χ1) is 8.78. The molecule has 1 N–H and O–H groups in total. The highest BCUT2D eigenvalue weighted by Gasteiger charge is 2.10. The van der Waals surface area contributed by atoms with Crippen LogP contribution in [0.3, 0.4) is 0 Å². The Morgan fingerprint density at radius 3 is 2.78 bits per heavy atom. The summed E-state index contributed by atoms with van der Waals surface area (Å²) < 4.78 is 1.95. The number of hydrogen-bond donors (Lipinski definition) is 1. The number of nitrogens with one attached hydrogen (secondary N) is 1. The van der Waals surface area contributed by atoms with Gasteiger partial charge in [0.2, 0.25) is 0 Å². The minimum Gasteiger partial charge on any atom is -0.373 e. The average Bonchev–Trinajstić information content (AvgIpc) is 2.87. The lowest BCUT2D eigenvalue weighted by Crippen LogP contribution is -2.06. The minimum absolute atomic E-state index is 0.740. The fourth-order valence-corrected chi connectivity index (χ4v) is 1.83. The summed E-state index contributed by atoms with van der Waals surface area (Å²) in [5.41, 5.74) is 2.01. The summed E-state index contributed by atoms with van der Waals surface area (Å²) in [5, 5.41) is 7.38. The third-order valence-electron chi connectivity index (χ3n) is 2.78. The van der Waals surface area contributed by atoms with E-state index in [4.69, 9.17) is 0 Å². The molecule has 18 heavy (non-hydrogen) atoms. The first kappa shape index (κ1) is 12.5. The van der Waals surface area contributed by atoms with Crippen LogP contribution in [0.1, 0.15) is 26.0 Å². The van der Waals surface area contributed by atoms with Gasteiger partial charge in [0.05, 0.1) is 0 Å². The molecule has 0 spiro atoms. The molecular weight excluding hydrogens is 226 g/mol. The van der Waals surface area contributed by atoms with Crippen LogP contribution in [-0.4, -0.2) is 26.8 Å². The van der Waals surface area contributed by atoms with Gasteiger partial charge in [-0.3, -0.25) is 4.68 Å². The van der Waals surface area contributed by atoms with Gasteiger partial charge in [0.25, 0.3) is 0 Å². The average molecular weight is 245 g/mol. The molecule has 2 aromatic rings. The van der Waals surface area contributed by atoms with Gasteiger partial charge in [-0.1, -0.05) is 13.8 Å². The van der Waals surface area contributed by atoms with E-state index in [1.165, 1.54) is 0 Å². The van der Waals surface area contributed by atoms with Gasteiger partial charge in [-0.2, -0.15) is 5.10 Å². The molecule has 0 saturated heterocycles. The highest BCUT2D eigenvalue weighted by Crippen LogP contribution is 2.18. The normalized spacial score (nSPS) is 10.6. The standard InChI is InChI=1S/C13H19N5/c1-4-8-18-11(6-7-15-18)13-16-10(5-2)9-12(14-3)17-13/h6-7,9H,4-5,8H2,1-3H3,(H,14,16,17). The van der Waals surface area contributed by atoms with Crippen LogP contribution in [0.2, 0.25) is 0 Å². The quantitative estimate of drug-likeness (QED) is 0.878. The second-order valence-electron chi connectivity index (χ2n) is 4.11. The molecule has 0 saturated carbocycles. The summed E-state index contributed by atoms with van der Waals surface area (Å²) in [6, 6.07) is 3.94. The Bertz CT molecular complexity index is 496. The Hall–Kier alpha value is -1.91. The third kappa shape index (κ3) is 2.50. The molecule has 96 valence electrons. The van der Waals surface area contributed by atoms with Crippen molar-refractivity contribution in [3.05, 3.63) is 24.0 Å². The summed E-state index contributed by atoms with van der Waals surface area (Å²) in [5.74, 6) is 1.59. The maximum atomic E-state index is 4.57. The van der Waals surface area contributed by atoms with E-state index in [-0.39, 0.29) is 0 Å². The molecule has 0 atom stereocenters. The molecule has 5 nitrogen and oxygen atoms in total. The Labute approximate surface area is 107 Å². The second kappa shape index (κ2) is 5.62. The number of aryl methyl sites for hydroxylation is 2. The predicted octanol–water partition coefficient (Wildman–Crippen LogP) is 2.35. The van der Waals surface area contributed by atoms with E-state index < -0.39 is 0 Å². The molecule has 2 rings (SSSR count). The second-order valence-corrected chi connectivity index (χ2v) is 4.11. The van der Waals surface area contributed by atoms with Gasteiger partial charge in [-0.25, -0.2) is 9.97 Å². The molecule has 0 fully saturated rings. The Morgan fingerprint density at radius 2 is 2.11 bits per heavy atom. The zero-order chi connectivity index (χ0) is 13.0. The van der Waals surface area contributed by atoms with Crippen LogP contribution in [0, 0.1) is 0 Å². The van der Waals surface area contributed by atoms with Crippen LogP contribution in [-0.2, 0) is 13.0 Å². The summed E-state index contributed by atoms with van der Waals surface area (Å²) in [6.07, 6.45) is 3.74. The zero-order valence-corrected chi connectivity index (χ0v) is 11.1. The number of rotatable bonds is 5. The van der Waals surface area contributed by atoms with Gasteiger partial charge in [-0.05, 0) is 18.9 Å². The largest absolute Gasteiger partial charge is 0.373 e. The number of aromatic nitrogens is 4. The van der Waals surface area contributed by atoms with Crippen molar-refractivity contribution in [2.75, 3.05) is 12.4 Å². The molecule has 0 radical (unpaired) electrons. The molecule has 0 unspecified atom stereocenters. The predicted molar refractivity (Wildman–Crippen MR) is 72.5 cm³/mol. The van der Waals surface area contributed by atoms with Gasteiger partial charge < -0.3 is 5.32 Å². The monoisotopic (exact) mass is 245 g/mol. The highest BCUT2D eigenvalue weighted by molar-refractivity contribution is 5.53. The van der Waals surface area contributed by atoms with Crippen molar-refractivity contribution in [3.63, 3.8) is 0 Å². The van der Waals surface area contributed by atoms with Gasteiger partial charge in [0, 0.05) is 31.5 Å². The van der Waals surface area contributed by atoms with Crippen molar-refractivity contribution in [3.8, 4) is 11.5 Å². The number of nitrogens with zero attached hydrogens (tertiary/aromatic N) is 4. The van der Waals surface area contributed by atoms with E-state index in [9.17, 15) is 0 Å². The smallest absolute Gasteiger partial charge is 0.180 e. The van der Waals surface area contributed by atoms with Crippen LogP contribution in [0.5, 0.6) is 0 Å². The summed E-state index contributed by atoms with van der Waals surface area (Å²) in [4.78, 5) is 9.08. The lowest BCUT2D eigenvalue weighted by Gasteiger charge is -2.08. The van der Waals surface area contributed by atoms with Crippen LogP contribution in [0.15, 0.2) is 18.3 Å². The SMILES string of the molecule is CCCn1nccc1-c1nc(CC)cc(NC)n1. The molecule has 0 bridgehead atoms. The molecule has 2 heterocycles. The molecular formula is C13H19N5. The molecule has 5 heteroatoms. The Morgan fingerprint density at radius 1 is 1.28 bits per heavy atom. The fraction of sp³-hybridized carbons (Fsp3) is 0.462. The highest BCUT2D eigenvalue weighted by atomic mass is 15.3. The molecule has 0 amide bonds. The summed E-state index contributed by atoms with van der Waals surface area (Å²) in [7, 11) is 1.87. The lowest BCUT2D eigenvalue weighted by atomic mass is 10.3. The Balaban J connectivity index is 2.45. The molecule has 0 aromatic carbocycles. The van der Waals surface area contributed by atoms with E-state index in [1.807, 2.05) is 23.9 Å². The van der Waals surface area contributed by atoms with Gasteiger partial charge in [0.1, 0.15) is 11.5 Å². The number of hydrogen-bond acceptors (Lipinski definition) is 4. The van der Waals surface area contributed by atoms with E-state index in [1.54, 1.807) is 6.20 Å². The zero-order valence-electron chi connectivity index (χ0n) is 11.1. The Kier molecular flexibility index (Phi) is 3.92. The van der Waals surface area contributed by atoms with E-state index in [0.29, 0.717) is 0 Å².